The summed E-state index contributed by atoms with van der Waals surface area (Å²) in [6, 6.07) is 6.65. The average molecular weight is 302 g/mol. The minimum atomic E-state index is -0.383. The number of hydrogen-bond donors (Lipinski definition) is 1. The van der Waals surface area contributed by atoms with Crippen LogP contribution in [-0.4, -0.2) is 35.5 Å². The zero-order valence-corrected chi connectivity index (χ0v) is 12.4. The smallest absolute Gasteiger partial charge is 0.260 e. The number of nitrogens with one attached hydrogen (secondary N) is 1. The van der Waals surface area contributed by atoms with Crippen LogP contribution in [0.4, 0.5) is 0 Å². The summed E-state index contributed by atoms with van der Waals surface area (Å²) < 4.78 is 11.2. The van der Waals surface area contributed by atoms with Crippen molar-refractivity contribution < 1.29 is 13.9 Å². The molecule has 6 heteroatoms. The van der Waals surface area contributed by atoms with Crippen LogP contribution in [0.5, 0.6) is 0 Å². The van der Waals surface area contributed by atoms with Crippen LogP contribution < -0.4 is 5.56 Å². The van der Waals surface area contributed by atoms with E-state index in [9.17, 15) is 9.59 Å². The molecule has 0 aliphatic carbocycles. The second-order valence-electron chi connectivity index (χ2n) is 5.16. The first-order valence-corrected chi connectivity index (χ1v) is 7.35. The molecule has 1 saturated heterocycles. The molecule has 0 unspecified atom stereocenters. The van der Waals surface area contributed by atoms with Crippen molar-refractivity contribution in [3.8, 4) is 0 Å². The number of hydrogen-bond acceptors (Lipinski definition) is 4. The third-order valence-corrected chi connectivity index (χ3v) is 3.80. The molecule has 3 heterocycles. The van der Waals surface area contributed by atoms with Gasteiger partial charge < -0.3 is 19.0 Å². The summed E-state index contributed by atoms with van der Waals surface area (Å²) in [5.74, 6) is 1.26. The molecule has 0 aromatic carbocycles. The third kappa shape index (κ3) is 2.69. The summed E-state index contributed by atoms with van der Waals surface area (Å²) >= 11 is 0. The van der Waals surface area contributed by atoms with E-state index in [4.69, 9.17) is 9.15 Å². The van der Waals surface area contributed by atoms with Crippen molar-refractivity contribution in [2.24, 2.45) is 0 Å². The first-order valence-electron chi connectivity index (χ1n) is 7.35. The standard InChI is InChI=1S/C16H18N2O4/c1-2-11-5-6-14(22-11)13-10-21-9-8-18(13)16(20)12-4-3-7-17-15(12)19/h3-7,13H,2,8-10H2,1H3,(H,17,19)/t13-/m0/s1. The fourth-order valence-electron chi connectivity index (χ4n) is 2.59. The predicted octanol–water partition coefficient (Wildman–Crippen LogP) is 1.74. The van der Waals surface area contributed by atoms with Gasteiger partial charge in [0.05, 0.1) is 13.2 Å². The Hall–Kier alpha value is -2.34. The molecule has 1 amide bonds. The minimum absolute atomic E-state index is 0.136. The maximum atomic E-state index is 12.7. The highest BCUT2D eigenvalue weighted by atomic mass is 16.5. The van der Waals surface area contributed by atoms with E-state index >= 15 is 0 Å². The molecule has 1 aliphatic heterocycles. The molecule has 0 bridgehead atoms. The van der Waals surface area contributed by atoms with Crippen molar-refractivity contribution in [1.82, 2.24) is 9.88 Å². The summed E-state index contributed by atoms with van der Waals surface area (Å²) in [6.07, 6.45) is 2.30. The lowest BCUT2D eigenvalue weighted by Crippen LogP contribution is -2.44. The molecule has 22 heavy (non-hydrogen) atoms. The van der Waals surface area contributed by atoms with Crippen molar-refractivity contribution >= 4 is 5.91 Å². The average Bonchev–Trinajstić information content (AvgIpc) is 3.04. The van der Waals surface area contributed by atoms with Gasteiger partial charge in [-0.3, -0.25) is 9.59 Å². The van der Waals surface area contributed by atoms with Gasteiger partial charge in [-0.15, -0.1) is 0 Å². The first-order chi connectivity index (χ1) is 10.7. The van der Waals surface area contributed by atoms with Crippen LogP contribution in [0.2, 0.25) is 0 Å². The second kappa shape index (κ2) is 6.19. The van der Waals surface area contributed by atoms with E-state index < -0.39 is 0 Å². The molecule has 116 valence electrons. The van der Waals surface area contributed by atoms with Crippen LogP contribution in [0.1, 0.15) is 34.8 Å². The Kier molecular flexibility index (Phi) is 4.11. The van der Waals surface area contributed by atoms with E-state index in [1.54, 1.807) is 11.0 Å². The van der Waals surface area contributed by atoms with Gasteiger partial charge in [0.15, 0.2) is 0 Å². The largest absolute Gasteiger partial charge is 0.464 e. The molecule has 2 aromatic rings. The van der Waals surface area contributed by atoms with Crippen LogP contribution in [0.25, 0.3) is 0 Å². The predicted molar refractivity (Wildman–Crippen MR) is 79.7 cm³/mol. The zero-order chi connectivity index (χ0) is 15.5. The first kappa shape index (κ1) is 14.6. The Morgan fingerprint density at radius 3 is 3.00 bits per heavy atom. The van der Waals surface area contributed by atoms with Gasteiger partial charge in [-0.1, -0.05) is 6.92 Å². The summed E-state index contributed by atoms with van der Waals surface area (Å²) in [4.78, 5) is 28.7. The number of H-pyrrole nitrogens is 1. The Morgan fingerprint density at radius 2 is 2.27 bits per heavy atom. The second-order valence-corrected chi connectivity index (χ2v) is 5.16. The number of amides is 1. The molecule has 3 rings (SSSR count). The lowest BCUT2D eigenvalue weighted by Gasteiger charge is -2.34. The van der Waals surface area contributed by atoms with E-state index in [1.807, 2.05) is 19.1 Å². The van der Waals surface area contributed by atoms with Gasteiger partial charge in [0.25, 0.3) is 11.5 Å². The number of rotatable bonds is 3. The molecular weight excluding hydrogens is 284 g/mol. The van der Waals surface area contributed by atoms with Gasteiger partial charge >= 0.3 is 0 Å². The molecule has 1 aliphatic rings. The number of furan rings is 1. The van der Waals surface area contributed by atoms with Crippen LogP contribution in [0.15, 0.2) is 39.7 Å². The van der Waals surface area contributed by atoms with E-state index in [-0.39, 0.29) is 23.1 Å². The van der Waals surface area contributed by atoms with Crippen molar-refractivity contribution in [2.45, 2.75) is 19.4 Å². The molecule has 6 nitrogen and oxygen atoms in total. The highest BCUT2D eigenvalue weighted by Gasteiger charge is 2.32. The summed E-state index contributed by atoms with van der Waals surface area (Å²) in [7, 11) is 0. The van der Waals surface area contributed by atoms with Gasteiger partial charge in [0.2, 0.25) is 0 Å². The SMILES string of the molecule is CCc1ccc([C@@H]2COCCN2C(=O)c2ccc[nH]c2=O)o1. The third-order valence-electron chi connectivity index (χ3n) is 3.80. The van der Waals surface area contributed by atoms with Crippen LogP contribution in [0.3, 0.4) is 0 Å². The maximum absolute atomic E-state index is 12.7. The fraction of sp³-hybridized carbons (Fsp3) is 0.375. The van der Waals surface area contributed by atoms with Crippen molar-refractivity contribution in [3.05, 3.63) is 57.9 Å². The van der Waals surface area contributed by atoms with Crippen LogP contribution in [0, 0.1) is 0 Å². The lowest BCUT2D eigenvalue weighted by atomic mass is 10.1. The minimum Gasteiger partial charge on any atom is -0.464 e. The number of carbonyl (C=O) groups excluding carboxylic acids is 1. The summed E-state index contributed by atoms with van der Waals surface area (Å²) in [5.41, 5.74) is -0.247. The number of morpholine rings is 1. The Labute approximate surface area is 127 Å². The highest BCUT2D eigenvalue weighted by Crippen LogP contribution is 2.27. The van der Waals surface area contributed by atoms with Gasteiger partial charge in [-0.25, -0.2) is 0 Å². The van der Waals surface area contributed by atoms with E-state index in [2.05, 4.69) is 4.98 Å². The van der Waals surface area contributed by atoms with E-state index in [0.717, 1.165) is 12.2 Å². The van der Waals surface area contributed by atoms with Crippen molar-refractivity contribution in [3.63, 3.8) is 0 Å². The van der Waals surface area contributed by atoms with E-state index in [0.29, 0.717) is 25.5 Å². The molecule has 2 aromatic heterocycles. The van der Waals surface area contributed by atoms with Gasteiger partial charge in [0, 0.05) is 19.2 Å². The number of pyridine rings is 1. The highest BCUT2D eigenvalue weighted by molar-refractivity contribution is 5.94. The number of aromatic amines is 1. The number of nitrogens with zero attached hydrogens (tertiary/aromatic N) is 1. The van der Waals surface area contributed by atoms with Crippen LogP contribution in [-0.2, 0) is 11.2 Å². The van der Waals surface area contributed by atoms with Crippen molar-refractivity contribution in [1.29, 1.82) is 0 Å². The van der Waals surface area contributed by atoms with Gasteiger partial charge in [0.1, 0.15) is 23.1 Å². The molecule has 0 saturated carbocycles. The molecular formula is C16H18N2O4. The number of aryl methyl sites for hydroxylation is 1. The Morgan fingerprint density at radius 1 is 1.41 bits per heavy atom. The number of carbonyl (C=O) groups is 1. The van der Waals surface area contributed by atoms with E-state index in [1.165, 1.54) is 12.3 Å². The molecule has 0 radical (unpaired) electrons. The topological polar surface area (TPSA) is 75.5 Å². The van der Waals surface area contributed by atoms with Gasteiger partial charge in [-0.2, -0.15) is 0 Å². The molecule has 1 fully saturated rings. The van der Waals surface area contributed by atoms with Crippen molar-refractivity contribution in [2.75, 3.05) is 19.8 Å². The normalized spacial score (nSPS) is 18.4. The molecule has 1 atom stereocenters. The summed E-state index contributed by atoms with van der Waals surface area (Å²) in [6.45, 7) is 3.26. The molecule has 0 spiro atoms. The monoisotopic (exact) mass is 302 g/mol. The summed E-state index contributed by atoms with van der Waals surface area (Å²) in [5, 5.41) is 0. The number of ether oxygens (including phenoxy) is 1. The van der Waals surface area contributed by atoms with Crippen LogP contribution >= 0.6 is 0 Å². The Bertz CT molecular complexity index is 719. The maximum Gasteiger partial charge on any atom is 0.260 e. The fourth-order valence-corrected chi connectivity index (χ4v) is 2.59. The number of aromatic nitrogens is 1. The lowest BCUT2D eigenvalue weighted by molar-refractivity contribution is -0.00910. The Balaban J connectivity index is 1.91. The zero-order valence-electron chi connectivity index (χ0n) is 12.4. The molecule has 1 N–H and O–H groups in total. The quantitative estimate of drug-likeness (QED) is 0.937. The van der Waals surface area contributed by atoms with Gasteiger partial charge in [-0.05, 0) is 24.3 Å².